The first-order valence-corrected chi connectivity index (χ1v) is 9.88. The summed E-state index contributed by atoms with van der Waals surface area (Å²) in [4.78, 5) is 26.8. The monoisotopic (exact) mass is 379 g/mol. The highest BCUT2D eigenvalue weighted by atomic mass is 16.6. The zero-order valence-corrected chi connectivity index (χ0v) is 16.3. The van der Waals surface area contributed by atoms with Gasteiger partial charge in [-0.05, 0) is 74.4 Å². The number of fused-ring (bicyclic) bond motifs is 2. The van der Waals surface area contributed by atoms with Gasteiger partial charge in [-0.2, -0.15) is 0 Å². The number of hydrogen-bond donors (Lipinski definition) is 0. The Morgan fingerprint density at radius 3 is 2.75 bits per heavy atom. The van der Waals surface area contributed by atoms with Crippen LogP contribution in [0.3, 0.4) is 0 Å². The number of carbonyl (C=O) groups is 2. The molecular formula is C23H25NO4. The normalized spacial score (nSPS) is 18.4. The van der Waals surface area contributed by atoms with Crippen molar-refractivity contribution in [3.8, 4) is 5.75 Å². The van der Waals surface area contributed by atoms with Crippen LogP contribution in [0.2, 0.25) is 0 Å². The molecule has 0 N–H and O–H groups in total. The minimum atomic E-state index is -0.857. The molecule has 0 bridgehead atoms. The minimum Gasteiger partial charge on any atom is -0.482 e. The van der Waals surface area contributed by atoms with Crippen LogP contribution >= 0.6 is 0 Å². The Hall–Kier alpha value is -2.82. The van der Waals surface area contributed by atoms with E-state index in [1.54, 1.807) is 11.8 Å². The fraction of sp³-hybridized carbons (Fsp3) is 0.391. The molecule has 2 atom stereocenters. The SMILES string of the molecule is C[C@H](OC(=O)COc1ccc2c(c1)CCC2)C(=O)N1c2ccccc2C[C@@H]1C. The van der Waals surface area contributed by atoms with Gasteiger partial charge in [0.2, 0.25) is 0 Å². The van der Waals surface area contributed by atoms with E-state index in [-0.39, 0.29) is 18.6 Å². The third-order valence-electron chi connectivity index (χ3n) is 5.53. The quantitative estimate of drug-likeness (QED) is 0.747. The van der Waals surface area contributed by atoms with E-state index in [2.05, 4.69) is 6.07 Å². The molecule has 0 saturated heterocycles. The van der Waals surface area contributed by atoms with Crippen LogP contribution in [-0.2, 0) is 33.6 Å². The Balaban J connectivity index is 1.33. The van der Waals surface area contributed by atoms with Crippen LogP contribution in [0.15, 0.2) is 42.5 Å². The Morgan fingerprint density at radius 2 is 1.89 bits per heavy atom. The number of hydrogen-bond acceptors (Lipinski definition) is 4. The van der Waals surface area contributed by atoms with Gasteiger partial charge in [-0.3, -0.25) is 4.79 Å². The van der Waals surface area contributed by atoms with E-state index < -0.39 is 12.1 Å². The summed E-state index contributed by atoms with van der Waals surface area (Å²) in [6, 6.07) is 13.8. The predicted octanol–water partition coefficient (Wildman–Crippen LogP) is 3.46. The Bertz CT molecular complexity index is 907. The maximum Gasteiger partial charge on any atom is 0.344 e. The fourth-order valence-electron chi connectivity index (χ4n) is 4.16. The number of benzene rings is 2. The van der Waals surface area contributed by atoms with Crippen molar-refractivity contribution in [2.24, 2.45) is 0 Å². The molecule has 0 aromatic heterocycles. The smallest absolute Gasteiger partial charge is 0.344 e. The summed E-state index contributed by atoms with van der Waals surface area (Å²) in [6.07, 6.45) is 3.28. The Kier molecular flexibility index (Phi) is 5.07. The van der Waals surface area contributed by atoms with Gasteiger partial charge in [-0.15, -0.1) is 0 Å². The maximum absolute atomic E-state index is 12.9. The van der Waals surface area contributed by atoms with Gasteiger partial charge in [-0.25, -0.2) is 4.79 Å². The lowest BCUT2D eigenvalue weighted by Gasteiger charge is -2.25. The van der Waals surface area contributed by atoms with Gasteiger partial charge in [0.15, 0.2) is 12.7 Å². The topological polar surface area (TPSA) is 55.8 Å². The lowest BCUT2D eigenvalue weighted by Crippen LogP contribution is -2.43. The van der Waals surface area contributed by atoms with Gasteiger partial charge >= 0.3 is 5.97 Å². The molecule has 0 spiro atoms. The van der Waals surface area contributed by atoms with E-state index in [9.17, 15) is 9.59 Å². The van der Waals surface area contributed by atoms with Gasteiger partial charge < -0.3 is 14.4 Å². The van der Waals surface area contributed by atoms with Gasteiger partial charge in [0.1, 0.15) is 5.75 Å². The molecule has 0 radical (unpaired) electrons. The van der Waals surface area contributed by atoms with Crippen molar-refractivity contribution in [2.75, 3.05) is 11.5 Å². The third kappa shape index (κ3) is 3.61. The molecule has 1 amide bonds. The first-order valence-electron chi connectivity index (χ1n) is 9.88. The van der Waals surface area contributed by atoms with Crippen molar-refractivity contribution in [1.29, 1.82) is 0 Å². The Morgan fingerprint density at radius 1 is 1.11 bits per heavy atom. The van der Waals surface area contributed by atoms with Gasteiger partial charge in [0, 0.05) is 11.7 Å². The van der Waals surface area contributed by atoms with Crippen LogP contribution < -0.4 is 9.64 Å². The van der Waals surface area contributed by atoms with E-state index in [0.29, 0.717) is 5.75 Å². The average molecular weight is 379 g/mol. The first kappa shape index (κ1) is 18.5. The van der Waals surface area contributed by atoms with Crippen molar-refractivity contribution in [3.63, 3.8) is 0 Å². The number of carbonyl (C=O) groups excluding carboxylic acids is 2. The van der Waals surface area contributed by atoms with Crippen molar-refractivity contribution < 1.29 is 19.1 Å². The lowest BCUT2D eigenvalue weighted by molar-refractivity contribution is -0.155. The highest BCUT2D eigenvalue weighted by molar-refractivity contribution is 5.99. The van der Waals surface area contributed by atoms with Crippen LogP contribution in [0.4, 0.5) is 5.69 Å². The van der Waals surface area contributed by atoms with Gasteiger partial charge in [0.05, 0.1) is 0 Å². The summed E-state index contributed by atoms with van der Waals surface area (Å²) < 4.78 is 10.9. The summed E-state index contributed by atoms with van der Waals surface area (Å²) in [5.74, 6) is -0.0801. The van der Waals surface area contributed by atoms with Crippen molar-refractivity contribution in [2.45, 2.75) is 51.7 Å². The Labute approximate surface area is 165 Å². The van der Waals surface area contributed by atoms with Gasteiger partial charge in [0.25, 0.3) is 5.91 Å². The molecule has 1 aliphatic heterocycles. The van der Waals surface area contributed by atoms with E-state index >= 15 is 0 Å². The maximum atomic E-state index is 12.9. The number of rotatable bonds is 5. The van der Waals surface area contributed by atoms with Crippen molar-refractivity contribution in [1.82, 2.24) is 0 Å². The second-order valence-corrected chi connectivity index (χ2v) is 7.59. The third-order valence-corrected chi connectivity index (χ3v) is 5.53. The zero-order valence-electron chi connectivity index (χ0n) is 16.3. The minimum absolute atomic E-state index is 0.0497. The van der Waals surface area contributed by atoms with Crippen molar-refractivity contribution in [3.05, 3.63) is 59.2 Å². The molecule has 0 fully saturated rings. The first-order chi connectivity index (χ1) is 13.5. The molecule has 5 heteroatoms. The summed E-state index contributed by atoms with van der Waals surface area (Å²) >= 11 is 0. The molecule has 0 unspecified atom stereocenters. The summed E-state index contributed by atoms with van der Waals surface area (Å²) in [5.41, 5.74) is 4.68. The lowest BCUT2D eigenvalue weighted by atomic mass is 10.1. The average Bonchev–Trinajstić information content (AvgIpc) is 3.28. The second-order valence-electron chi connectivity index (χ2n) is 7.59. The summed E-state index contributed by atoms with van der Waals surface area (Å²) in [6.45, 7) is 3.41. The number of esters is 1. The summed E-state index contributed by atoms with van der Waals surface area (Å²) in [7, 11) is 0. The number of aryl methyl sites for hydroxylation is 2. The number of anilines is 1. The molecule has 146 valence electrons. The van der Waals surface area contributed by atoms with Crippen LogP contribution in [0.1, 0.15) is 37.0 Å². The van der Waals surface area contributed by atoms with E-state index in [1.165, 1.54) is 17.5 Å². The number of ether oxygens (including phenoxy) is 2. The number of nitrogens with zero attached hydrogens (tertiary/aromatic N) is 1. The molecule has 4 rings (SSSR count). The summed E-state index contributed by atoms with van der Waals surface area (Å²) in [5, 5.41) is 0. The molecule has 1 heterocycles. The highest BCUT2D eigenvalue weighted by Crippen LogP contribution is 2.32. The molecule has 2 aliphatic rings. The zero-order chi connectivity index (χ0) is 19.7. The molecule has 5 nitrogen and oxygen atoms in total. The molecule has 2 aromatic rings. The van der Waals surface area contributed by atoms with Crippen LogP contribution in [-0.4, -0.2) is 30.6 Å². The van der Waals surface area contributed by atoms with Crippen molar-refractivity contribution >= 4 is 17.6 Å². The highest BCUT2D eigenvalue weighted by Gasteiger charge is 2.34. The molecular weight excluding hydrogens is 354 g/mol. The van der Waals surface area contributed by atoms with Gasteiger partial charge in [-0.1, -0.05) is 24.3 Å². The predicted molar refractivity (Wildman–Crippen MR) is 107 cm³/mol. The fourth-order valence-corrected chi connectivity index (χ4v) is 4.16. The molecule has 28 heavy (non-hydrogen) atoms. The molecule has 1 aliphatic carbocycles. The van der Waals surface area contributed by atoms with Crippen LogP contribution in [0, 0.1) is 0 Å². The standard InChI is InChI=1S/C23H25NO4/c1-15-12-19-6-3-4-9-21(19)24(15)23(26)16(2)28-22(25)14-27-20-11-10-17-7-5-8-18(17)13-20/h3-4,6,9-11,13,15-16H,5,7-8,12,14H2,1-2H3/t15-,16-/m0/s1. The second kappa shape index (κ2) is 7.66. The van der Waals surface area contributed by atoms with E-state index in [1.807, 2.05) is 43.3 Å². The van der Waals surface area contributed by atoms with Crippen LogP contribution in [0.5, 0.6) is 5.75 Å². The largest absolute Gasteiger partial charge is 0.482 e. The van der Waals surface area contributed by atoms with E-state index in [4.69, 9.17) is 9.47 Å². The van der Waals surface area contributed by atoms with E-state index in [0.717, 1.165) is 30.5 Å². The van der Waals surface area contributed by atoms with Crippen LogP contribution in [0.25, 0.3) is 0 Å². The molecule has 2 aromatic carbocycles. The number of amides is 1. The number of para-hydroxylation sites is 1. The molecule has 0 saturated carbocycles.